The SMILES string of the molecule is CCC1(C)CN(CC2CCCO2)C2(CCCC2)CN1. The Bertz CT molecular complexity index is 308. The smallest absolute Gasteiger partial charge is 0.0703 e. The normalized spacial score (nSPS) is 39.2. The lowest BCUT2D eigenvalue weighted by atomic mass is 9.84. The number of rotatable bonds is 3. The predicted molar refractivity (Wildman–Crippen MR) is 78.4 cm³/mol. The molecule has 2 saturated heterocycles. The minimum Gasteiger partial charge on any atom is -0.377 e. The van der Waals surface area contributed by atoms with Gasteiger partial charge in [0.2, 0.25) is 0 Å². The average molecular weight is 266 g/mol. The van der Waals surface area contributed by atoms with Gasteiger partial charge in [-0.2, -0.15) is 0 Å². The van der Waals surface area contributed by atoms with Crippen LogP contribution in [0.25, 0.3) is 0 Å². The van der Waals surface area contributed by atoms with Crippen LogP contribution in [0.1, 0.15) is 58.8 Å². The molecule has 1 saturated carbocycles. The van der Waals surface area contributed by atoms with Crippen LogP contribution in [0.5, 0.6) is 0 Å². The van der Waals surface area contributed by atoms with Gasteiger partial charge in [0.15, 0.2) is 0 Å². The molecule has 0 amide bonds. The molecule has 2 aliphatic heterocycles. The molecule has 3 fully saturated rings. The fourth-order valence-corrected chi connectivity index (χ4v) is 4.19. The van der Waals surface area contributed by atoms with Crippen LogP contribution in [-0.4, -0.2) is 48.3 Å². The second-order valence-electron chi connectivity index (χ2n) is 7.21. The Morgan fingerprint density at radius 2 is 2.05 bits per heavy atom. The highest BCUT2D eigenvalue weighted by atomic mass is 16.5. The van der Waals surface area contributed by atoms with Gasteiger partial charge >= 0.3 is 0 Å². The van der Waals surface area contributed by atoms with Crippen LogP contribution in [0.2, 0.25) is 0 Å². The first-order valence-electron chi connectivity index (χ1n) is 8.28. The van der Waals surface area contributed by atoms with Crippen molar-refractivity contribution in [3.05, 3.63) is 0 Å². The summed E-state index contributed by atoms with van der Waals surface area (Å²) >= 11 is 0. The van der Waals surface area contributed by atoms with Crippen molar-refractivity contribution in [2.75, 3.05) is 26.2 Å². The minimum atomic E-state index is 0.298. The van der Waals surface area contributed by atoms with Gasteiger partial charge in [-0.3, -0.25) is 4.90 Å². The lowest BCUT2D eigenvalue weighted by molar-refractivity contribution is -0.0249. The highest BCUT2D eigenvalue weighted by molar-refractivity contribution is 5.06. The summed E-state index contributed by atoms with van der Waals surface area (Å²) in [5.41, 5.74) is 0.743. The summed E-state index contributed by atoms with van der Waals surface area (Å²) in [6, 6.07) is 0. The van der Waals surface area contributed by atoms with E-state index < -0.39 is 0 Å². The fourth-order valence-electron chi connectivity index (χ4n) is 4.19. The van der Waals surface area contributed by atoms with Crippen LogP contribution in [-0.2, 0) is 4.74 Å². The lowest BCUT2D eigenvalue weighted by Crippen LogP contribution is -2.69. The monoisotopic (exact) mass is 266 g/mol. The van der Waals surface area contributed by atoms with E-state index >= 15 is 0 Å². The summed E-state index contributed by atoms with van der Waals surface area (Å²) in [7, 11) is 0. The molecule has 0 radical (unpaired) electrons. The Balaban J connectivity index is 1.72. The molecule has 110 valence electrons. The molecule has 2 unspecified atom stereocenters. The Morgan fingerprint density at radius 1 is 1.26 bits per heavy atom. The van der Waals surface area contributed by atoms with Crippen LogP contribution in [0.15, 0.2) is 0 Å². The summed E-state index contributed by atoms with van der Waals surface area (Å²) in [6.45, 7) is 9.22. The number of hydrogen-bond acceptors (Lipinski definition) is 3. The van der Waals surface area contributed by atoms with Crippen molar-refractivity contribution >= 4 is 0 Å². The van der Waals surface area contributed by atoms with Crippen molar-refractivity contribution in [1.29, 1.82) is 0 Å². The highest BCUT2D eigenvalue weighted by Gasteiger charge is 2.47. The van der Waals surface area contributed by atoms with Crippen LogP contribution in [0, 0.1) is 0 Å². The number of ether oxygens (including phenoxy) is 1. The first kappa shape index (κ1) is 13.8. The van der Waals surface area contributed by atoms with Crippen molar-refractivity contribution in [2.24, 2.45) is 0 Å². The van der Waals surface area contributed by atoms with Gasteiger partial charge in [-0.15, -0.1) is 0 Å². The maximum atomic E-state index is 5.90. The summed E-state index contributed by atoms with van der Waals surface area (Å²) < 4.78 is 5.90. The molecule has 0 bridgehead atoms. The molecule has 1 spiro atoms. The van der Waals surface area contributed by atoms with Gasteiger partial charge < -0.3 is 10.1 Å². The first-order valence-corrected chi connectivity index (χ1v) is 8.28. The quantitative estimate of drug-likeness (QED) is 0.849. The molecule has 1 N–H and O–H groups in total. The first-order chi connectivity index (χ1) is 9.16. The minimum absolute atomic E-state index is 0.298. The third kappa shape index (κ3) is 2.70. The number of nitrogens with zero attached hydrogens (tertiary/aromatic N) is 1. The zero-order chi connectivity index (χ0) is 13.3. The van der Waals surface area contributed by atoms with Crippen LogP contribution in [0.3, 0.4) is 0 Å². The van der Waals surface area contributed by atoms with E-state index in [0.29, 0.717) is 17.2 Å². The van der Waals surface area contributed by atoms with E-state index in [1.807, 2.05) is 0 Å². The Morgan fingerprint density at radius 3 is 2.68 bits per heavy atom. The summed E-state index contributed by atoms with van der Waals surface area (Å²) in [6.07, 6.45) is 9.82. The molecule has 3 aliphatic rings. The van der Waals surface area contributed by atoms with Crippen molar-refractivity contribution in [3.8, 4) is 0 Å². The summed E-state index contributed by atoms with van der Waals surface area (Å²) in [5.74, 6) is 0. The fraction of sp³-hybridized carbons (Fsp3) is 1.00. The second kappa shape index (κ2) is 5.34. The van der Waals surface area contributed by atoms with Crippen LogP contribution < -0.4 is 5.32 Å². The Kier molecular flexibility index (Phi) is 3.89. The van der Waals surface area contributed by atoms with Crippen molar-refractivity contribution < 1.29 is 4.74 Å². The molecule has 0 aromatic heterocycles. The lowest BCUT2D eigenvalue weighted by Gasteiger charge is -2.53. The molecule has 3 rings (SSSR count). The maximum absolute atomic E-state index is 5.90. The largest absolute Gasteiger partial charge is 0.377 e. The average Bonchev–Trinajstić information content (AvgIpc) is 3.07. The van der Waals surface area contributed by atoms with Gasteiger partial charge in [-0.1, -0.05) is 19.8 Å². The molecular formula is C16H30N2O. The van der Waals surface area contributed by atoms with Crippen molar-refractivity contribution in [3.63, 3.8) is 0 Å². The Hall–Kier alpha value is -0.120. The molecule has 2 heterocycles. The highest BCUT2D eigenvalue weighted by Crippen LogP contribution is 2.39. The van der Waals surface area contributed by atoms with Gasteiger partial charge in [-0.05, 0) is 39.0 Å². The maximum Gasteiger partial charge on any atom is 0.0703 e. The van der Waals surface area contributed by atoms with Gasteiger partial charge in [-0.25, -0.2) is 0 Å². The standard InChI is InChI=1S/C16H30N2O/c1-3-15(2)13-18(11-14-7-6-10-19-14)16(12-17-15)8-4-5-9-16/h14,17H,3-13H2,1-2H3. The summed E-state index contributed by atoms with van der Waals surface area (Å²) in [5, 5.41) is 3.85. The van der Waals surface area contributed by atoms with E-state index in [2.05, 4.69) is 24.1 Å². The number of piperazine rings is 1. The molecule has 3 nitrogen and oxygen atoms in total. The number of hydrogen-bond donors (Lipinski definition) is 1. The van der Waals surface area contributed by atoms with Gasteiger partial charge in [0.1, 0.15) is 0 Å². The second-order valence-corrected chi connectivity index (χ2v) is 7.21. The number of nitrogens with one attached hydrogen (secondary N) is 1. The van der Waals surface area contributed by atoms with Crippen LogP contribution in [0.4, 0.5) is 0 Å². The van der Waals surface area contributed by atoms with E-state index in [9.17, 15) is 0 Å². The Labute approximate surface area is 118 Å². The summed E-state index contributed by atoms with van der Waals surface area (Å²) in [4.78, 5) is 2.80. The van der Waals surface area contributed by atoms with E-state index in [1.54, 1.807) is 0 Å². The van der Waals surface area contributed by atoms with E-state index in [4.69, 9.17) is 4.74 Å². The zero-order valence-electron chi connectivity index (χ0n) is 12.7. The third-order valence-corrected chi connectivity index (χ3v) is 5.82. The van der Waals surface area contributed by atoms with Crippen molar-refractivity contribution in [2.45, 2.75) is 76.0 Å². The molecule has 2 atom stereocenters. The topological polar surface area (TPSA) is 24.5 Å². The van der Waals surface area contributed by atoms with E-state index in [0.717, 1.165) is 13.2 Å². The molecule has 3 heteroatoms. The van der Waals surface area contributed by atoms with E-state index in [1.165, 1.54) is 58.0 Å². The molecular weight excluding hydrogens is 236 g/mol. The predicted octanol–water partition coefficient (Wildman–Crippen LogP) is 2.55. The molecule has 1 aliphatic carbocycles. The van der Waals surface area contributed by atoms with E-state index in [-0.39, 0.29) is 0 Å². The molecule has 19 heavy (non-hydrogen) atoms. The zero-order valence-corrected chi connectivity index (χ0v) is 12.7. The van der Waals surface area contributed by atoms with Gasteiger partial charge in [0, 0.05) is 37.3 Å². The third-order valence-electron chi connectivity index (χ3n) is 5.82. The van der Waals surface area contributed by atoms with Crippen LogP contribution >= 0.6 is 0 Å². The van der Waals surface area contributed by atoms with Gasteiger partial charge in [0.05, 0.1) is 6.10 Å². The molecule has 0 aromatic carbocycles. The van der Waals surface area contributed by atoms with Crippen molar-refractivity contribution in [1.82, 2.24) is 10.2 Å². The van der Waals surface area contributed by atoms with Gasteiger partial charge in [0.25, 0.3) is 0 Å². The molecule has 0 aromatic rings.